The van der Waals surface area contributed by atoms with Crippen LogP contribution in [0.2, 0.25) is 0 Å². The molecule has 2 aliphatic rings. The summed E-state index contributed by atoms with van der Waals surface area (Å²) in [5.41, 5.74) is 1.50. The average Bonchev–Trinajstić information content (AvgIpc) is 3.44. The van der Waals surface area contributed by atoms with E-state index in [4.69, 9.17) is 9.47 Å². The third-order valence-corrected chi connectivity index (χ3v) is 9.32. The van der Waals surface area contributed by atoms with Crippen LogP contribution in [-0.2, 0) is 20.9 Å². The molecule has 1 heterocycles. The van der Waals surface area contributed by atoms with Crippen molar-refractivity contribution < 1.29 is 24.0 Å². The highest BCUT2D eigenvalue weighted by molar-refractivity contribution is 5.76. The van der Waals surface area contributed by atoms with E-state index < -0.39 is 16.6 Å². The second kappa shape index (κ2) is 17.1. The van der Waals surface area contributed by atoms with Crippen LogP contribution < -0.4 is 5.32 Å². The Kier molecular flexibility index (Phi) is 13.2. The summed E-state index contributed by atoms with van der Waals surface area (Å²) in [6, 6.07) is 16.7. The molecule has 10 nitrogen and oxygen atoms in total. The van der Waals surface area contributed by atoms with Crippen molar-refractivity contribution in [1.29, 1.82) is 0 Å². The SMILES string of the molecule is C=CCN(C(=O)OCc1ccc([N+](=O)[O-])cc1)C1CCN(C[C@@H]2CC(N[C@@H](CC(C)C)C(=O)OC(C)(C)C)C[C@H]2c2ccccc2)CC1. The van der Waals surface area contributed by atoms with E-state index in [-0.39, 0.29) is 36.4 Å². The zero-order chi connectivity index (χ0) is 34.8. The summed E-state index contributed by atoms with van der Waals surface area (Å²) in [5, 5.41) is 14.7. The number of hydrogen-bond donors (Lipinski definition) is 1. The van der Waals surface area contributed by atoms with Crippen LogP contribution in [0.25, 0.3) is 0 Å². The van der Waals surface area contributed by atoms with Gasteiger partial charge in [-0.3, -0.25) is 14.9 Å². The number of carbonyl (C=O) groups is 2. The molecule has 1 amide bonds. The van der Waals surface area contributed by atoms with Crippen molar-refractivity contribution in [2.24, 2.45) is 11.8 Å². The predicted molar refractivity (Wildman–Crippen MR) is 188 cm³/mol. The van der Waals surface area contributed by atoms with Crippen molar-refractivity contribution in [1.82, 2.24) is 15.1 Å². The van der Waals surface area contributed by atoms with Crippen LogP contribution in [0.3, 0.4) is 0 Å². The van der Waals surface area contributed by atoms with Gasteiger partial charge >= 0.3 is 12.1 Å². The number of hydrogen-bond acceptors (Lipinski definition) is 8. The zero-order valence-corrected chi connectivity index (χ0v) is 29.3. The van der Waals surface area contributed by atoms with Crippen LogP contribution >= 0.6 is 0 Å². The highest BCUT2D eigenvalue weighted by Gasteiger charge is 2.39. The molecule has 48 heavy (non-hydrogen) atoms. The first-order valence-corrected chi connectivity index (χ1v) is 17.4. The molecule has 2 aromatic carbocycles. The fourth-order valence-electron chi connectivity index (χ4n) is 7.13. The summed E-state index contributed by atoms with van der Waals surface area (Å²) in [6.45, 7) is 17.0. The van der Waals surface area contributed by atoms with Gasteiger partial charge in [0.05, 0.1) is 4.92 Å². The Labute approximate surface area is 286 Å². The molecule has 0 spiro atoms. The lowest BCUT2D eigenvalue weighted by molar-refractivity contribution is -0.384. The molecule has 1 unspecified atom stereocenters. The molecule has 2 aromatic rings. The van der Waals surface area contributed by atoms with Crippen molar-refractivity contribution in [3.05, 3.63) is 88.5 Å². The van der Waals surface area contributed by atoms with Crippen LogP contribution in [-0.4, -0.2) is 76.7 Å². The Bertz CT molecular complexity index is 1350. The number of amides is 1. The van der Waals surface area contributed by atoms with E-state index in [1.54, 1.807) is 23.1 Å². The first-order chi connectivity index (χ1) is 22.8. The summed E-state index contributed by atoms with van der Waals surface area (Å²) in [7, 11) is 0. The Balaban J connectivity index is 1.36. The summed E-state index contributed by atoms with van der Waals surface area (Å²) >= 11 is 0. The van der Waals surface area contributed by atoms with E-state index in [0.29, 0.717) is 29.9 Å². The van der Waals surface area contributed by atoms with Gasteiger partial charge in [-0.2, -0.15) is 0 Å². The Morgan fingerprint density at radius 3 is 2.33 bits per heavy atom. The van der Waals surface area contributed by atoms with E-state index in [9.17, 15) is 19.7 Å². The molecule has 1 aliphatic heterocycles. The van der Waals surface area contributed by atoms with Crippen LogP contribution in [0.15, 0.2) is 67.3 Å². The quantitative estimate of drug-likeness (QED) is 0.0987. The number of nitro groups is 1. The molecule has 1 saturated carbocycles. The zero-order valence-electron chi connectivity index (χ0n) is 29.3. The number of carbonyl (C=O) groups excluding carboxylic acids is 2. The molecular weight excluding hydrogens is 608 g/mol. The fraction of sp³-hybridized carbons (Fsp3) is 0.579. The number of piperidine rings is 1. The van der Waals surface area contributed by atoms with E-state index in [2.05, 4.69) is 61.0 Å². The minimum atomic E-state index is -0.532. The van der Waals surface area contributed by atoms with Crippen LogP contribution in [0.5, 0.6) is 0 Å². The molecule has 0 bridgehead atoms. The number of ether oxygens (including phenoxy) is 2. The van der Waals surface area contributed by atoms with Gasteiger partial charge in [-0.15, -0.1) is 6.58 Å². The van der Waals surface area contributed by atoms with Crippen molar-refractivity contribution in [3.8, 4) is 0 Å². The largest absolute Gasteiger partial charge is 0.459 e. The second-order valence-corrected chi connectivity index (χ2v) is 14.8. The number of likely N-dealkylation sites (tertiary alicyclic amines) is 1. The normalized spacial score (nSPS) is 21.1. The van der Waals surface area contributed by atoms with E-state index >= 15 is 0 Å². The minimum Gasteiger partial charge on any atom is -0.459 e. The summed E-state index contributed by atoms with van der Waals surface area (Å²) in [4.78, 5) is 41.1. The minimum absolute atomic E-state index is 0.000665. The van der Waals surface area contributed by atoms with E-state index in [1.165, 1.54) is 17.7 Å². The van der Waals surface area contributed by atoms with Crippen molar-refractivity contribution in [2.75, 3.05) is 26.2 Å². The van der Waals surface area contributed by atoms with Crippen molar-refractivity contribution in [3.63, 3.8) is 0 Å². The topological polar surface area (TPSA) is 114 Å². The Morgan fingerprint density at radius 1 is 1.08 bits per heavy atom. The molecular formula is C38H54N4O6. The number of rotatable bonds is 14. The van der Waals surface area contributed by atoms with E-state index in [0.717, 1.165) is 51.7 Å². The lowest BCUT2D eigenvalue weighted by atomic mass is 9.88. The van der Waals surface area contributed by atoms with Crippen LogP contribution in [0, 0.1) is 22.0 Å². The first-order valence-electron chi connectivity index (χ1n) is 17.4. The predicted octanol–water partition coefficient (Wildman–Crippen LogP) is 7.09. The van der Waals surface area contributed by atoms with Gasteiger partial charge in [0.15, 0.2) is 0 Å². The van der Waals surface area contributed by atoms with Gasteiger partial charge in [-0.05, 0) is 93.9 Å². The lowest BCUT2D eigenvalue weighted by Crippen LogP contribution is -2.48. The summed E-state index contributed by atoms with van der Waals surface area (Å²) in [5.74, 6) is 0.995. The highest BCUT2D eigenvalue weighted by Crippen LogP contribution is 2.41. The number of nitrogens with zero attached hydrogens (tertiary/aromatic N) is 3. The first kappa shape index (κ1) is 37.1. The smallest absolute Gasteiger partial charge is 0.410 e. The Morgan fingerprint density at radius 2 is 1.75 bits per heavy atom. The van der Waals surface area contributed by atoms with Crippen LogP contribution in [0.4, 0.5) is 10.5 Å². The van der Waals surface area contributed by atoms with Crippen molar-refractivity contribution >= 4 is 17.7 Å². The maximum Gasteiger partial charge on any atom is 0.410 e. The second-order valence-electron chi connectivity index (χ2n) is 14.8. The molecule has 1 saturated heterocycles. The van der Waals surface area contributed by atoms with Gasteiger partial charge in [0.2, 0.25) is 0 Å². The third kappa shape index (κ3) is 10.9. The standard InChI is InChI=1S/C38H54N4O6/c1-7-19-41(37(44)47-26-28-13-15-33(16-14-28)42(45)46)32-17-20-40(21-18-32)25-30-23-31(24-34(30)29-11-9-8-10-12-29)39-35(22-27(2)3)36(43)48-38(4,5)6/h7-16,27,30-32,34-35,39H,1,17-26H2,2-6H3/t30-,31?,34-,35-/m0/s1. The van der Waals surface area contributed by atoms with Crippen molar-refractivity contribution in [2.45, 2.75) is 103 Å². The average molecular weight is 663 g/mol. The lowest BCUT2D eigenvalue weighted by Gasteiger charge is -2.39. The molecule has 4 atom stereocenters. The van der Waals surface area contributed by atoms with Gasteiger partial charge in [0.25, 0.3) is 5.69 Å². The van der Waals surface area contributed by atoms with Gasteiger partial charge in [0.1, 0.15) is 18.2 Å². The molecule has 1 N–H and O–H groups in total. The fourth-order valence-corrected chi connectivity index (χ4v) is 7.13. The maximum atomic E-state index is 13.2. The number of nitro benzene ring substituents is 1. The maximum absolute atomic E-state index is 13.2. The van der Waals surface area contributed by atoms with E-state index in [1.807, 2.05) is 20.8 Å². The molecule has 4 rings (SSSR count). The monoisotopic (exact) mass is 662 g/mol. The molecule has 10 heteroatoms. The van der Waals surface area contributed by atoms with Gasteiger partial charge in [-0.25, -0.2) is 4.79 Å². The molecule has 0 aromatic heterocycles. The highest BCUT2D eigenvalue weighted by atomic mass is 16.6. The molecule has 2 fully saturated rings. The number of esters is 1. The van der Waals surface area contributed by atoms with Gasteiger partial charge in [-0.1, -0.05) is 50.3 Å². The molecule has 1 aliphatic carbocycles. The number of benzene rings is 2. The van der Waals surface area contributed by atoms with Gasteiger partial charge < -0.3 is 24.6 Å². The number of nitrogens with one attached hydrogen (secondary N) is 1. The molecule has 262 valence electrons. The Hall–Kier alpha value is -3.76. The summed E-state index contributed by atoms with van der Waals surface area (Å²) in [6.07, 6.45) is 5.67. The van der Waals surface area contributed by atoms with Gasteiger partial charge in [0, 0.05) is 50.4 Å². The number of non-ortho nitro benzene ring substituents is 1. The molecule has 0 radical (unpaired) electrons. The van der Waals surface area contributed by atoms with Crippen LogP contribution in [0.1, 0.15) is 83.8 Å². The third-order valence-electron chi connectivity index (χ3n) is 9.32. The summed E-state index contributed by atoms with van der Waals surface area (Å²) < 4.78 is 11.4.